The number of aryl methyl sites for hydroxylation is 3. The molecule has 7 nitrogen and oxygen atoms in total. The Bertz CT molecular complexity index is 1010. The Morgan fingerprint density at radius 2 is 1.85 bits per heavy atom. The summed E-state index contributed by atoms with van der Waals surface area (Å²) in [6.45, 7) is 8.69. The van der Waals surface area contributed by atoms with Gasteiger partial charge in [0, 0.05) is 37.8 Å². The van der Waals surface area contributed by atoms with E-state index in [1.54, 1.807) is 0 Å². The Morgan fingerprint density at radius 3 is 2.52 bits per heavy atom. The van der Waals surface area contributed by atoms with Gasteiger partial charge in [0.15, 0.2) is 0 Å². The molecule has 0 radical (unpaired) electrons. The molecule has 0 saturated carbocycles. The number of thiophene rings is 1. The second-order valence-electron chi connectivity index (χ2n) is 6.91. The van der Waals surface area contributed by atoms with Crippen LogP contribution in [0.25, 0.3) is 10.2 Å². The standard InChI is InChI=1S/C19H22N6OS/c1-11-4-5-14(21-10-11)24-6-8-25(9-7-24)19(26)17-16(20)15-12(2)13(3)22-23-18(15)27-17/h4-5,10H,6-9,20H2,1-3H3. The van der Waals surface area contributed by atoms with E-state index in [1.165, 1.54) is 11.3 Å². The summed E-state index contributed by atoms with van der Waals surface area (Å²) in [4.78, 5) is 22.9. The largest absolute Gasteiger partial charge is 0.397 e. The van der Waals surface area contributed by atoms with Crippen molar-refractivity contribution >= 4 is 39.0 Å². The first kappa shape index (κ1) is 17.7. The van der Waals surface area contributed by atoms with Crippen LogP contribution in [0.3, 0.4) is 0 Å². The lowest BCUT2D eigenvalue weighted by molar-refractivity contribution is 0.0752. The highest BCUT2D eigenvalue weighted by Gasteiger charge is 2.27. The minimum atomic E-state index is -0.0240. The van der Waals surface area contributed by atoms with Crippen molar-refractivity contribution in [3.05, 3.63) is 40.0 Å². The maximum atomic E-state index is 13.0. The Morgan fingerprint density at radius 1 is 1.11 bits per heavy atom. The predicted octanol–water partition coefficient (Wildman–Crippen LogP) is 2.56. The third kappa shape index (κ3) is 3.10. The number of aromatic nitrogens is 3. The van der Waals surface area contributed by atoms with Crippen LogP contribution in [0.5, 0.6) is 0 Å². The van der Waals surface area contributed by atoms with Gasteiger partial charge < -0.3 is 15.5 Å². The van der Waals surface area contributed by atoms with E-state index in [0.29, 0.717) is 23.7 Å². The van der Waals surface area contributed by atoms with Gasteiger partial charge in [-0.25, -0.2) is 4.98 Å². The quantitative estimate of drug-likeness (QED) is 0.733. The van der Waals surface area contributed by atoms with E-state index in [1.807, 2.05) is 37.9 Å². The van der Waals surface area contributed by atoms with Crippen molar-refractivity contribution in [2.75, 3.05) is 36.8 Å². The summed E-state index contributed by atoms with van der Waals surface area (Å²) in [6, 6.07) is 4.09. The number of fused-ring (bicyclic) bond motifs is 1. The summed E-state index contributed by atoms with van der Waals surface area (Å²) in [7, 11) is 0. The van der Waals surface area contributed by atoms with Crippen LogP contribution in [-0.4, -0.2) is 52.2 Å². The topological polar surface area (TPSA) is 88.2 Å². The maximum absolute atomic E-state index is 13.0. The van der Waals surface area contributed by atoms with Crippen molar-refractivity contribution in [1.29, 1.82) is 0 Å². The summed E-state index contributed by atoms with van der Waals surface area (Å²) in [5.41, 5.74) is 9.82. The second kappa shape index (κ2) is 6.77. The van der Waals surface area contributed by atoms with Gasteiger partial charge in [-0.15, -0.1) is 16.4 Å². The van der Waals surface area contributed by atoms with Crippen LogP contribution < -0.4 is 10.6 Å². The lowest BCUT2D eigenvalue weighted by atomic mass is 10.1. The van der Waals surface area contributed by atoms with Gasteiger partial charge in [0.05, 0.1) is 11.4 Å². The number of pyridine rings is 1. The molecule has 4 rings (SSSR count). The average Bonchev–Trinajstić information content (AvgIpc) is 3.02. The number of nitrogens with zero attached hydrogens (tertiary/aromatic N) is 5. The zero-order valence-corrected chi connectivity index (χ0v) is 16.5. The number of carbonyl (C=O) groups is 1. The molecular weight excluding hydrogens is 360 g/mol. The molecule has 1 saturated heterocycles. The number of hydrogen-bond acceptors (Lipinski definition) is 7. The molecule has 2 N–H and O–H groups in total. The number of rotatable bonds is 2. The van der Waals surface area contributed by atoms with E-state index in [4.69, 9.17) is 5.73 Å². The van der Waals surface area contributed by atoms with Gasteiger partial charge in [-0.2, -0.15) is 5.10 Å². The van der Waals surface area contributed by atoms with E-state index < -0.39 is 0 Å². The van der Waals surface area contributed by atoms with Gasteiger partial charge in [-0.1, -0.05) is 6.07 Å². The van der Waals surface area contributed by atoms with E-state index in [-0.39, 0.29) is 5.91 Å². The fourth-order valence-electron chi connectivity index (χ4n) is 3.33. The van der Waals surface area contributed by atoms with Gasteiger partial charge >= 0.3 is 0 Å². The van der Waals surface area contributed by atoms with E-state index in [0.717, 1.165) is 45.9 Å². The Kier molecular flexibility index (Phi) is 4.43. The van der Waals surface area contributed by atoms with Crippen LogP contribution in [0.15, 0.2) is 18.3 Å². The third-order valence-electron chi connectivity index (χ3n) is 5.12. The SMILES string of the molecule is Cc1ccc(N2CCN(C(=O)c3sc4nnc(C)c(C)c4c3N)CC2)nc1. The molecular formula is C19H22N6OS. The molecule has 1 aliphatic heterocycles. The summed E-state index contributed by atoms with van der Waals surface area (Å²) >= 11 is 1.33. The van der Waals surface area contributed by atoms with Gasteiger partial charge in [0.25, 0.3) is 5.91 Å². The first-order valence-corrected chi connectivity index (χ1v) is 9.76. The van der Waals surface area contributed by atoms with Gasteiger partial charge in [-0.3, -0.25) is 4.79 Å². The van der Waals surface area contributed by atoms with E-state index >= 15 is 0 Å². The molecule has 3 aromatic rings. The lowest BCUT2D eigenvalue weighted by Crippen LogP contribution is -2.49. The van der Waals surface area contributed by atoms with Crippen molar-refractivity contribution in [1.82, 2.24) is 20.1 Å². The first-order valence-electron chi connectivity index (χ1n) is 8.94. The van der Waals surface area contributed by atoms with Crippen LogP contribution in [0.4, 0.5) is 11.5 Å². The molecule has 0 bridgehead atoms. The van der Waals surface area contributed by atoms with E-state index in [2.05, 4.69) is 26.1 Å². The Balaban J connectivity index is 1.53. The zero-order valence-electron chi connectivity index (χ0n) is 15.7. The average molecular weight is 382 g/mol. The van der Waals surface area contributed by atoms with Crippen molar-refractivity contribution in [3.63, 3.8) is 0 Å². The molecule has 3 aromatic heterocycles. The molecule has 27 heavy (non-hydrogen) atoms. The lowest BCUT2D eigenvalue weighted by Gasteiger charge is -2.35. The molecule has 0 unspecified atom stereocenters. The normalized spacial score (nSPS) is 14.8. The monoisotopic (exact) mass is 382 g/mol. The highest BCUT2D eigenvalue weighted by atomic mass is 32.1. The minimum Gasteiger partial charge on any atom is -0.397 e. The molecule has 140 valence electrons. The number of nitrogens with two attached hydrogens (primary N) is 1. The Hall–Kier alpha value is -2.74. The molecule has 1 amide bonds. The summed E-state index contributed by atoms with van der Waals surface area (Å²) in [6.07, 6.45) is 1.87. The van der Waals surface area contributed by atoms with Crippen molar-refractivity contribution in [2.45, 2.75) is 20.8 Å². The molecule has 0 aliphatic carbocycles. The van der Waals surface area contributed by atoms with Crippen molar-refractivity contribution in [3.8, 4) is 0 Å². The zero-order chi connectivity index (χ0) is 19.1. The van der Waals surface area contributed by atoms with Crippen molar-refractivity contribution < 1.29 is 4.79 Å². The first-order chi connectivity index (χ1) is 13.0. The fourth-order valence-corrected chi connectivity index (χ4v) is 4.40. The van der Waals surface area contributed by atoms with Gasteiger partial charge in [0.1, 0.15) is 15.5 Å². The maximum Gasteiger partial charge on any atom is 0.266 e. The number of anilines is 2. The molecule has 4 heterocycles. The van der Waals surface area contributed by atoms with Crippen LogP contribution in [0.2, 0.25) is 0 Å². The van der Waals surface area contributed by atoms with Crippen LogP contribution in [-0.2, 0) is 0 Å². The molecule has 1 aliphatic rings. The number of amides is 1. The minimum absolute atomic E-state index is 0.0240. The number of hydrogen-bond donors (Lipinski definition) is 1. The summed E-state index contributed by atoms with van der Waals surface area (Å²) in [5, 5.41) is 9.22. The number of nitrogen functional groups attached to an aromatic ring is 1. The highest BCUT2D eigenvalue weighted by molar-refractivity contribution is 7.21. The van der Waals surface area contributed by atoms with E-state index in [9.17, 15) is 4.79 Å². The Labute approximate surface area is 161 Å². The second-order valence-corrected chi connectivity index (χ2v) is 7.91. The molecule has 8 heteroatoms. The highest BCUT2D eigenvalue weighted by Crippen LogP contribution is 2.35. The summed E-state index contributed by atoms with van der Waals surface area (Å²) in [5.74, 6) is 0.930. The molecule has 0 spiro atoms. The van der Waals surface area contributed by atoms with Gasteiger partial charge in [-0.05, 0) is 38.0 Å². The third-order valence-corrected chi connectivity index (χ3v) is 6.19. The molecule has 0 atom stereocenters. The molecule has 1 fully saturated rings. The summed E-state index contributed by atoms with van der Waals surface area (Å²) < 4.78 is 0. The van der Waals surface area contributed by atoms with Crippen LogP contribution in [0, 0.1) is 20.8 Å². The number of carbonyl (C=O) groups excluding carboxylic acids is 1. The fraction of sp³-hybridized carbons (Fsp3) is 0.368. The van der Waals surface area contributed by atoms with Crippen LogP contribution >= 0.6 is 11.3 Å². The number of piperazine rings is 1. The molecule has 0 aromatic carbocycles. The van der Waals surface area contributed by atoms with Gasteiger partial charge in [0.2, 0.25) is 0 Å². The smallest absolute Gasteiger partial charge is 0.266 e. The predicted molar refractivity (Wildman–Crippen MR) is 108 cm³/mol. The van der Waals surface area contributed by atoms with Crippen LogP contribution in [0.1, 0.15) is 26.5 Å². The van der Waals surface area contributed by atoms with Crippen molar-refractivity contribution in [2.24, 2.45) is 0 Å².